The molecule has 0 spiro atoms. The van der Waals surface area contributed by atoms with E-state index >= 15 is 0 Å². The molecule has 3 N–H and O–H groups in total. The third kappa shape index (κ3) is 2.70. The molecule has 0 bridgehead atoms. The van der Waals surface area contributed by atoms with Crippen LogP contribution in [-0.2, 0) is 10.3 Å². The average Bonchev–Trinajstić information content (AvgIpc) is 2.09. The van der Waals surface area contributed by atoms with Gasteiger partial charge in [0.1, 0.15) is 5.54 Å². The summed E-state index contributed by atoms with van der Waals surface area (Å²) in [5.74, 6) is -1.01. The van der Waals surface area contributed by atoms with Crippen molar-refractivity contribution in [3.05, 3.63) is 34.9 Å². The topological polar surface area (TPSA) is 63.3 Å². The van der Waals surface area contributed by atoms with E-state index in [1.807, 2.05) is 26.0 Å². The van der Waals surface area contributed by atoms with Gasteiger partial charge in [-0.05, 0) is 37.5 Å². The summed E-state index contributed by atoms with van der Waals surface area (Å²) in [5, 5.41) is 8.93. The molecule has 0 amide bonds. The summed E-state index contributed by atoms with van der Waals surface area (Å²) >= 11 is 0. The minimum atomic E-state index is -1.31. The lowest BCUT2D eigenvalue weighted by atomic mass is 9.91. The summed E-state index contributed by atoms with van der Waals surface area (Å²) in [6.45, 7) is 5.42. The van der Waals surface area contributed by atoms with E-state index in [0.29, 0.717) is 5.56 Å². The lowest BCUT2D eigenvalue weighted by Crippen LogP contribution is -2.41. The molecular weight excluding hydrogens is 214 g/mol. The molecule has 15 heavy (non-hydrogen) atoms. The van der Waals surface area contributed by atoms with E-state index in [1.165, 1.54) is 6.92 Å². The molecule has 4 heteroatoms. The molecule has 1 unspecified atom stereocenters. The standard InChI is InChI=1S/C11H15NO2.ClH/c1-7-4-5-9(6-8(7)2)11(3,12)10(13)14;/h4-6H,12H2,1-3H3,(H,13,14);1H. The highest BCUT2D eigenvalue weighted by atomic mass is 35.5. The zero-order valence-electron chi connectivity index (χ0n) is 9.07. The number of benzene rings is 1. The van der Waals surface area contributed by atoms with Gasteiger partial charge in [-0.1, -0.05) is 18.2 Å². The number of aliphatic carboxylic acids is 1. The number of hydrogen-bond donors (Lipinski definition) is 2. The van der Waals surface area contributed by atoms with E-state index in [4.69, 9.17) is 10.8 Å². The number of carbonyl (C=O) groups is 1. The van der Waals surface area contributed by atoms with E-state index in [0.717, 1.165) is 11.1 Å². The van der Waals surface area contributed by atoms with Gasteiger partial charge in [0.15, 0.2) is 0 Å². The molecule has 0 aromatic heterocycles. The summed E-state index contributed by atoms with van der Waals surface area (Å²) < 4.78 is 0. The fraction of sp³-hybridized carbons (Fsp3) is 0.364. The number of rotatable bonds is 2. The van der Waals surface area contributed by atoms with E-state index in [9.17, 15) is 4.79 Å². The maximum Gasteiger partial charge on any atom is 0.328 e. The van der Waals surface area contributed by atoms with Crippen LogP contribution >= 0.6 is 12.4 Å². The van der Waals surface area contributed by atoms with Crippen LogP contribution in [0.1, 0.15) is 23.6 Å². The molecule has 1 aromatic carbocycles. The van der Waals surface area contributed by atoms with Gasteiger partial charge in [0.25, 0.3) is 0 Å². The Kier molecular flexibility index (Phi) is 4.31. The van der Waals surface area contributed by atoms with Crippen molar-refractivity contribution in [1.82, 2.24) is 0 Å². The Morgan fingerprint density at radius 1 is 1.33 bits per heavy atom. The van der Waals surface area contributed by atoms with Crippen molar-refractivity contribution in [2.45, 2.75) is 26.3 Å². The lowest BCUT2D eigenvalue weighted by molar-refractivity contribution is -0.143. The Hall–Kier alpha value is -1.06. The molecule has 0 fully saturated rings. The SMILES string of the molecule is Cc1ccc(C(C)(N)C(=O)O)cc1C.Cl. The Morgan fingerprint density at radius 3 is 2.27 bits per heavy atom. The summed E-state index contributed by atoms with van der Waals surface area (Å²) in [6.07, 6.45) is 0. The number of aryl methyl sites for hydroxylation is 2. The molecule has 84 valence electrons. The number of carboxylic acid groups (broad SMARTS) is 1. The first kappa shape index (κ1) is 13.9. The predicted molar refractivity (Wildman–Crippen MR) is 62.3 cm³/mol. The fourth-order valence-corrected chi connectivity index (χ4v) is 1.19. The first-order chi connectivity index (χ1) is 6.35. The molecule has 0 saturated heterocycles. The monoisotopic (exact) mass is 229 g/mol. The third-order valence-corrected chi connectivity index (χ3v) is 2.55. The van der Waals surface area contributed by atoms with Crippen molar-refractivity contribution in [3.63, 3.8) is 0 Å². The van der Waals surface area contributed by atoms with Gasteiger partial charge in [0.05, 0.1) is 0 Å². The molecule has 1 aromatic rings. The van der Waals surface area contributed by atoms with Gasteiger partial charge in [0.2, 0.25) is 0 Å². The Labute approximate surface area is 95.7 Å². The molecule has 1 atom stereocenters. The summed E-state index contributed by atoms with van der Waals surface area (Å²) in [7, 11) is 0. The summed E-state index contributed by atoms with van der Waals surface area (Å²) in [5.41, 5.74) is 7.22. The van der Waals surface area contributed by atoms with Crippen LogP contribution in [0.5, 0.6) is 0 Å². The second kappa shape index (κ2) is 4.64. The van der Waals surface area contributed by atoms with Crippen LogP contribution in [0.25, 0.3) is 0 Å². The van der Waals surface area contributed by atoms with Gasteiger partial charge in [-0.3, -0.25) is 0 Å². The highest BCUT2D eigenvalue weighted by molar-refractivity contribution is 5.85. The van der Waals surface area contributed by atoms with Crippen molar-refractivity contribution >= 4 is 18.4 Å². The van der Waals surface area contributed by atoms with Crippen LogP contribution in [0.4, 0.5) is 0 Å². The van der Waals surface area contributed by atoms with Crippen LogP contribution < -0.4 is 5.73 Å². The predicted octanol–water partition coefficient (Wildman–Crippen LogP) is 1.98. The minimum Gasteiger partial charge on any atom is -0.480 e. The summed E-state index contributed by atoms with van der Waals surface area (Å²) in [6, 6.07) is 5.47. The Bertz CT molecular complexity index is 375. The molecule has 0 aliphatic heterocycles. The number of halogens is 1. The van der Waals surface area contributed by atoms with Crippen molar-refractivity contribution in [3.8, 4) is 0 Å². The average molecular weight is 230 g/mol. The molecule has 0 aliphatic rings. The fourth-order valence-electron chi connectivity index (χ4n) is 1.19. The first-order valence-corrected chi connectivity index (χ1v) is 4.45. The van der Waals surface area contributed by atoms with E-state index in [2.05, 4.69) is 0 Å². The highest BCUT2D eigenvalue weighted by Crippen LogP contribution is 2.20. The van der Waals surface area contributed by atoms with Crippen molar-refractivity contribution in [2.24, 2.45) is 5.73 Å². The van der Waals surface area contributed by atoms with E-state index < -0.39 is 11.5 Å². The maximum atomic E-state index is 10.9. The second-order valence-electron chi connectivity index (χ2n) is 3.81. The van der Waals surface area contributed by atoms with Crippen LogP contribution in [-0.4, -0.2) is 11.1 Å². The second-order valence-corrected chi connectivity index (χ2v) is 3.81. The van der Waals surface area contributed by atoms with Crippen LogP contribution in [0.15, 0.2) is 18.2 Å². The molecular formula is C11H16ClNO2. The summed E-state index contributed by atoms with van der Waals surface area (Å²) in [4.78, 5) is 10.9. The first-order valence-electron chi connectivity index (χ1n) is 4.45. The van der Waals surface area contributed by atoms with Gasteiger partial charge >= 0.3 is 5.97 Å². The molecule has 3 nitrogen and oxygen atoms in total. The van der Waals surface area contributed by atoms with Crippen LogP contribution in [0.3, 0.4) is 0 Å². The molecule has 0 heterocycles. The normalized spacial score (nSPS) is 13.9. The maximum absolute atomic E-state index is 10.9. The largest absolute Gasteiger partial charge is 0.480 e. The van der Waals surface area contributed by atoms with Gasteiger partial charge < -0.3 is 10.8 Å². The van der Waals surface area contributed by atoms with Gasteiger partial charge in [-0.2, -0.15) is 0 Å². The molecule has 0 saturated carbocycles. The highest BCUT2D eigenvalue weighted by Gasteiger charge is 2.30. The van der Waals surface area contributed by atoms with E-state index in [1.54, 1.807) is 6.07 Å². The van der Waals surface area contributed by atoms with Crippen LogP contribution in [0.2, 0.25) is 0 Å². The van der Waals surface area contributed by atoms with E-state index in [-0.39, 0.29) is 12.4 Å². The quantitative estimate of drug-likeness (QED) is 0.815. The molecule has 0 radical (unpaired) electrons. The lowest BCUT2D eigenvalue weighted by Gasteiger charge is -2.20. The van der Waals surface area contributed by atoms with Gasteiger partial charge in [-0.25, -0.2) is 4.79 Å². The van der Waals surface area contributed by atoms with Crippen molar-refractivity contribution in [1.29, 1.82) is 0 Å². The van der Waals surface area contributed by atoms with Gasteiger partial charge in [0, 0.05) is 0 Å². The van der Waals surface area contributed by atoms with Gasteiger partial charge in [-0.15, -0.1) is 12.4 Å². The smallest absolute Gasteiger partial charge is 0.328 e. The third-order valence-electron chi connectivity index (χ3n) is 2.55. The van der Waals surface area contributed by atoms with Crippen molar-refractivity contribution in [2.75, 3.05) is 0 Å². The number of hydrogen-bond acceptors (Lipinski definition) is 2. The zero-order valence-corrected chi connectivity index (χ0v) is 9.89. The number of carboxylic acids is 1. The van der Waals surface area contributed by atoms with Crippen LogP contribution in [0, 0.1) is 13.8 Å². The Balaban J connectivity index is 0.00000196. The zero-order chi connectivity index (χ0) is 10.9. The minimum absolute atomic E-state index is 0. The van der Waals surface area contributed by atoms with Crippen molar-refractivity contribution < 1.29 is 9.90 Å². The molecule has 1 rings (SSSR count). The Morgan fingerprint density at radius 2 is 1.87 bits per heavy atom. The molecule has 0 aliphatic carbocycles. The number of nitrogens with two attached hydrogens (primary N) is 1.